The largest absolute Gasteiger partial charge is 0.483 e. The average Bonchev–Trinajstić information content (AvgIpc) is 2.48. The number of ether oxygens (including phenoxy) is 1. The van der Waals surface area contributed by atoms with Gasteiger partial charge in [-0.15, -0.1) is 0 Å². The van der Waals surface area contributed by atoms with Crippen molar-refractivity contribution in [3.05, 3.63) is 53.2 Å². The summed E-state index contributed by atoms with van der Waals surface area (Å²) in [5.74, 6) is 0.117. The van der Waals surface area contributed by atoms with Crippen LogP contribution in [0.4, 0.5) is 19.0 Å². The molecule has 23 heavy (non-hydrogen) atoms. The van der Waals surface area contributed by atoms with Gasteiger partial charge in [0.2, 0.25) is 0 Å². The molecule has 0 radical (unpaired) electrons. The van der Waals surface area contributed by atoms with Gasteiger partial charge in [-0.1, -0.05) is 12.1 Å². The van der Waals surface area contributed by atoms with E-state index in [1.807, 2.05) is 26.0 Å². The molecule has 4 nitrogen and oxygen atoms in total. The van der Waals surface area contributed by atoms with E-state index >= 15 is 0 Å². The Labute approximate surface area is 131 Å². The molecule has 0 bridgehead atoms. The quantitative estimate of drug-likeness (QED) is 0.932. The van der Waals surface area contributed by atoms with Gasteiger partial charge in [-0.05, 0) is 43.2 Å². The Kier molecular flexibility index (Phi) is 4.88. The third-order valence-electron chi connectivity index (χ3n) is 3.06. The topological polar surface area (TPSA) is 51.2 Å². The number of carbonyl (C=O) groups is 1. The molecular formula is C16H15F3N2O2. The summed E-state index contributed by atoms with van der Waals surface area (Å²) in [6.07, 6.45) is -3.79. The lowest BCUT2D eigenvalue weighted by atomic mass is 10.1. The fraction of sp³-hybridized carbons (Fsp3) is 0.250. The molecule has 0 aliphatic rings. The smallest absolute Gasteiger partial charge is 0.417 e. The number of amides is 1. The predicted molar refractivity (Wildman–Crippen MR) is 79.3 cm³/mol. The first kappa shape index (κ1) is 16.8. The summed E-state index contributed by atoms with van der Waals surface area (Å²) in [6.45, 7) is 3.50. The van der Waals surface area contributed by atoms with Crippen molar-refractivity contribution in [2.75, 3.05) is 11.9 Å². The van der Waals surface area contributed by atoms with Gasteiger partial charge in [-0.3, -0.25) is 4.79 Å². The highest BCUT2D eigenvalue weighted by Gasteiger charge is 2.30. The molecule has 0 saturated carbocycles. The number of nitrogens with zero attached hydrogens (tertiary/aromatic N) is 1. The first-order valence-corrected chi connectivity index (χ1v) is 6.79. The zero-order valence-corrected chi connectivity index (χ0v) is 12.6. The SMILES string of the molecule is Cc1ccc(C)c(OCC(=O)Nc2ccc(C(F)(F)F)cn2)c1. The fourth-order valence-corrected chi connectivity index (χ4v) is 1.82. The van der Waals surface area contributed by atoms with Crippen LogP contribution in [0.5, 0.6) is 5.75 Å². The molecule has 1 amide bonds. The van der Waals surface area contributed by atoms with Crippen LogP contribution in [0.1, 0.15) is 16.7 Å². The number of anilines is 1. The fourth-order valence-electron chi connectivity index (χ4n) is 1.82. The highest BCUT2D eigenvalue weighted by Crippen LogP contribution is 2.28. The zero-order valence-electron chi connectivity index (χ0n) is 12.6. The number of alkyl halides is 3. The van der Waals surface area contributed by atoms with Gasteiger partial charge in [0.1, 0.15) is 11.6 Å². The van der Waals surface area contributed by atoms with Crippen molar-refractivity contribution < 1.29 is 22.7 Å². The van der Waals surface area contributed by atoms with E-state index in [1.54, 1.807) is 6.07 Å². The Morgan fingerprint density at radius 1 is 1.22 bits per heavy atom. The minimum atomic E-state index is -4.46. The minimum Gasteiger partial charge on any atom is -0.483 e. The Morgan fingerprint density at radius 2 is 1.96 bits per heavy atom. The predicted octanol–water partition coefficient (Wildman–Crippen LogP) is 3.73. The van der Waals surface area contributed by atoms with Crippen molar-refractivity contribution in [1.29, 1.82) is 0 Å². The zero-order chi connectivity index (χ0) is 17.0. The average molecular weight is 324 g/mol. The van der Waals surface area contributed by atoms with E-state index in [4.69, 9.17) is 4.74 Å². The van der Waals surface area contributed by atoms with E-state index in [0.29, 0.717) is 11.9 Å². The van der Waals surface area contributed by atoms with E-state index in [0.717, 1.165) is 23.3 Å². The second-order valence-electron chi connectivity index (χ2n) is 5.04. The maximum absolute atomic E-state index is 12.4. The number of benzene rings is 1. The summed E-state index contributed by atoms with van der Waals surface area (Å²) in [6, 6.07) is 7.56. The molecule has 2 rings (SSSR count). The number of halogens is 3. The Hall–Kier alpha value is -2.57. The summed E-state index contributed by atoms with van der Waals surface area (Å²) in [4.78, 5) is 15.3. The van der Waals surface area contributed by atoms with Crippen LogP contribution in [0.2, 0.25) is 0 Å². The summed E-state index contributed by atoms with van der Waals surface area (Å²) < 4.78 is 42.7. The Bertz CT molecular complexity index is 697. The number of pyridine rings is 1. The van der Waals surface area contributed by atoms with Crippen LogP contribution in [-0.2, 0) is 11.0 Å². The summed E-state index contributed by atoms with van der Waals surface area (Å²) in [5.41, 5.74) is 1.01. The highest BCUT2D eigenvalue weighted by atomic mass is 19.4. The van der Waals surface area contributed by atoms with Crippen molar-refractivity contribution in [2.45, 2.75) is 20.0 Å². The summed E-state index contributed by atoms with van der Waals surface area (Å²) >= 11 is 0. The number of nitrogens with one attached hydrogen (secondary N) is 1. The van der Waals surface area contributed by atoms with Crippen LogP contribution in [0, 0.1) is 13.8 Å². The monoisotopic (exact) mass is 324 g/mol. The van der Waals surface area contributed by atoms with Gasteiger partial charge < -0.3 is 10.1 Å². The summed E-state index contributed by atoms with van der Waals surface area (Å²) in [5, 5.41) is 2.38. The molecule has 1 heterocycles. The second kappa shape index (κ2) is 6.68. The van der Waals surface area contributed by atoms with Crippen LogP contribution in [0.15, 0.2) is 36.5 Å². The molecule has 7 heteroatoms. The second-order valence-corrected chi connectivity index (χ2v) is 5.04. The molecule has 0 atom stereocenters. The minimum absolute atomic E-state index is 0.0348. The molecule has 2 aromatic rings. The molecular weight excluding hydrogens is 309 g/mol. The van der Waals surface area contributed by atoms with Gasteiger partial charge in [0.15, 0.2) is 6.61 Å². The third-order valence-corrected chi connectivity index (χ3v) is 3.06. The van der Waals surface area contributed by atoms with Gasteiger partial charge in [0.05, 0.1) is 5.56 Å². The highest BCUT2D eigenvalue weighted by molar-refractivity contribution is 5.90. The number of carbonyl (C=O) groups excluding carboxylic acids is 1. The standard InChI is InChI=1S/C16H15F3N2O2/c1-10-3-4-11(2)13(7-10)23-9-15(22)21-14-6-5-12(8-20-14)16(17,18)19/h3-8H,9H2,1-2H3,(H,20,21,22). The van der Waals surface area contributed by atoms with Crippen LogP contribution >= 0.6 is 0 Å². The Balaban J connectivity index is 1.93. The number of hydrogen-bond acceptors (Lipinski definition) is 3. The Morgan fingerprint density at radius 3 is 2.57 bits per heavy atom. The molecule has 1 aromatic heterocycles. The van der Waals surface area contributed by atoms with Crippen LogP contribution in [-0.4, -0.2) is 17.5 Å². The molecule has 1 aromatic carbocycles. The van der Waals surface area contributed by atoms with Crippen molar-refractivity contribution >= 4 is 11.7 Å². The van der Waals surface area contributed by atoms with E-state index < -0.39 is 17.6 Å². The molecule has 0 fully saturated rings. The van der Waals surface area contributed by atoms with Crippen molar-refractivity contribution in [3.8, 4) is 5.75 Å². The first-order valence-electron chi connectivity index (χ1n) is 6.79. The lowest BCUT2D eigenvalue weighted by Gasteiger charge is -2.10. The van der Waals surface area contributed by atoms with Gasteiger partial charge >= 0.3 is 6.18 Å². The van der Waals surface area contributed by atoms with Gasteiger partial charge in [-0.2, -0.15) is 13.2 Å². The van der Waals surface area contributed by atoms with Gasteiger partial charge in [0, 0.05) is 6.20 Å². The molecule has 1 N–H and O–H groups in total. The number of rotatable bonds is 4. The maximum atomic E-state index is 12.4. The van der Waals surface area contributed by atoms with E-state index in [-0.39, 0.29) is 12.4 Å². The maximum Gasteiger partial charge on any atom is 0.417 e. The number of aryl methyl sites for hydroxylation is 2. The molecule has 0 aliphatic heterocycles. The molecule has 122 valence electrons. The van der Waals surface area contributed by atoms with E-state index in [1.165, 1.54) is 0 Å². The molecule has 0 aliphatic carbocycles. The van der Waals surface area contributed by atoms with Crippen LogP contribution in [0.25, 0.3) is 0 Å². The van der Waals surface area contributed by atoms with Crippen molar-refractivity contribution in [1.82, 2.24) is 4.98 Å². The first-order chi connectivity index (χ1) is 10.8. The number of aromatic nitrogens is 1. The van der Waals surface area contributed by atoms with Gasteiger partial charge in [-0.25, -0.2) is 4.98 Å². The van der Waals surface area contributed by atoms with Crippen molar-refractivity contribution in [3.63, 3.8) is 0 Å². The lowest BCUT2D eigenvalue weighted by molar-refractivity contribution is -0.137. The molecule has 0 saturated heterocycles. The van der Waals surface area contributed by atoms with E-state index in [9.17, 15) is 18.0 Å². The molecule has 0 spiro atoms. The lowest BCUT2D eigenvalue weighted by Crippen LogP contribution is -2.21. The van der Waals surface area contributed by atoms with Gasteiger partial charge in [0.25, 0.3) is 5.91 Å². The van der Waals surface area contributed by atoms with E-state index in [2.05, 4.69) is 10.3 Å². The van der Waals surface area contributed by atoms with Crippen molar-refractivity contribution in [2.24, 2.45) is 0 Å². The van der Waals surface area contributed by atoms with Crippen LogP contribution < -0.4 is 10.1 Å². The summed E-state index contributed by atoms with van der Waals surface area (Å²) in [7, 11) is 0. The number of hydrogen-bond donors (Lipinski definition) is 1. The van der Waals surface area contributed by atoms with Crippen LogP contribution in [0.3, 0.4) is 0 Å². The molecule has 0 unspecified atom stereocenters. The third kappa shape index (κ3) is 4.70. The normalized spacial score (nSPS) is 11.2.